The Kier molecular flexibility index (Phi) is 6.04. The summed E-state index contributed by atoms with van der Waals surface area (Å²) in [6.45, 7) is 8.77. The van der Waals surface area contributed by atoms with Crippen LogP contribution in [0.2, 0.25) is 0 Å². The number of aromatic nitrogens is 1. The molecule has 7 nitrogen and oxygen atoms in total. The zero-order chi connectivity index (χ0) is 19.3. The molecule has 3 N–H and O–H groups in total. The molecule has 2 fully saturated rings. The largest absolute Gasteiger partial charge is 0.372 e. The van der Waals surface area contributed by atoms with Crippen LogP contribution in [-0.2, 0) is 9.53 Å². The van der Waals surface area contributed by atoms with Gasteiger partial charge < -0.3 is 19.1 Å². The van der Waals surface area contributed by atoms with Gasteiger partial charge in [-0.3, -0.25) is 10.1 Å². The molecule has 28 heavy (non-hydrogen) atoms. The molecule has 0 aliphatic carbocycles. The van der Waals surface area contributed by atoms with E-state index in [0.717, 1.165) is 50.6 Å². The fourth-order valence-electron chi connectivity index (χ4n) is 4.07. The first-order valence-corrected chi connectivity index (χ1v) is 10.3. The highest BCUT2D eigenvalue weighted by molar-refractivity contribution is 5.90. The van der Waals surface area contributed by atoms with Crippen molar-refractivity contribution < 1.29 is 23.9 Å². The molecular formula is C21H30N4O3+2. The number of carbonyl (C=O) groups excluding carboxylic acids is 1. The first kappa shape index (κ1) is 19.1. The van der Waals surface area contributed by atoms with Crippen molar-refractivity contribution >= 4 is 11.8 Å². The number of benzene rings is 1. The number of hydrogen-bond acceptors (Lipinski definition) is 4. The number of nitrogens with zero attached hydrogens (tertiary/aromatic N) is 1. The van der Waals surface area contributed by atoms with Crippen LogP contribution in [0.15, 0.2) is 34.9 Å². The maximum atomic E-state index is 12.4. The smallest absolute Gasteiger partial charge is 0.281 e. The second-order valence-corrected chi connectivity index (χ2v) is 8.01. The van der Waals surface area contributed by atoms with Crippen LogP contribution in [0.1, 0.15) is 18.4 Å². The van der Waals surface area contributed by atoms with E-state index in [1.165, 1.54) is 23.3 Å². The Hall–Kier alpha value is -2.22. The molecule has 2 aromatic rings. The Morgan fingerprint density at radius 2 is 1.93 bits per heavy atom. The normalized spacial score (nSPS) is 25.0. The number of hydrogen-bond donors (Lipinski definition) is 3. The number of quaternary nitrogens is 2. The quantitative estimate of drug-likeness (QED) is 0.629. The third kappa shape index (κ3) is 4.98. The minimum atomic E-state index is -0.0239. The second kappa shape index (κ2) is 8.86. The Labute approximate surface area is 165 Å². The van der Waals surface area contributed by atoms with Gasteiger partial charge in [0.15, 0.2) is 6.54 Å². The van der Waals surface area contributed by atoms with E-state index in [1.54, 1.807) is 11.0 Å². The minimum Gasteiger partial charge on any atom is -0.372 e. The highest BCUT2D eigenvalue weighted by atomic mass is 16.5. The average molecular weight is 386 g/mol. The average Bonchev–Trinajstić information content (AvgIpc) is 3.36. The van der Waals surface area contributed by atoms with Gasteiger partial charge in [0.25, 0.3) is 5.91 Å². The first-order chi connectivity index (χ1) is 13.7. The molecule has 4 rings (SSSR count). The van der Waals surface area contributed by atoms with E-state index in [2.05, 4.69) is 10.5 Å². The van der Waals surface area contributed by atoms with E-state index in [9.17, 15) is 4.79 Å². The summed E-state index contributed by atoms with van der Waals surface area (Å²) in [5.74, 6) is 0.381. The van der Waals surface area contributed by atoms with E-state index in [-0.39, 0.29) is 5.91 Å². The van der Waals surface area contributed by atoms with Crippen molar-refractivity contribution in [2.45, 2.75) is 25.9 Å². The van der Waals surface area contributed by atoms with Crippen LogP contribution in [0.3, 0.4) is 0 Å². The molecule has 1 aromatic carbocycles. The van der Waals surface area contributed by atoms with Gasteiger partial charge in [-0.2, -0.15) is 0 Å². The zero-order valence-electron chi connectivity index (χ0n) is 16.5. The van der Waals surface area contributed by atoms with Crippen LogP contribution in [0, 0.1) is 6.92 Å². The van der Waals surface area contributed by atoms with Gasteiger partial charge >= 0.3 is 0 Å². The van der Waals surface area contributed by atoms with E-state index in [1.807, 2.05) is 31.2 Å². The van der Waals surface area contributed by atoms with Crippen molar-refractivity contribution in [3.8, 4) is 11.3 Å². The van der Waals surface area contributed by atoms with Crippen LogP contribution in [-0.4, -0.2) is 63.0 Å². The van der Waals surface area contributed by atoms with Crippen LogP contribution >= 0.6 is 0 Å². The summed E-state index contributed by atoms with van der Waals surface area (Å²) in [5, 5.41) is 6.91. The summed E-state index contributed by atoms with van der Waals surface area (Å²) in [5.41, 5.74) is 2.90. The molecule has 2 saturated heterocycles. The molecule has 0 bridgehead atoms. The highest BCUT2D eigenvalue weighted by Crippen LogP contribution is 2.21. The molecule has 2 aliphatic heterocycles. The maximum Gasteiger partial charge on any atom is 0.281 e. The fourth-order valence-corrected chi connectivity index (χ4v) is 4.07. The van der Waals surface area contributed by atoms with Crippen LogP contribution < -0.4 is 15.1 Å². The van der Waals surface area contributed by atoms with Gasteiger partial charge in [0.1, 0.15) is 44.5 Å². The summed E-state index contributed by atoms with van der Waals surface area (Å²) < 4.78 is 11.0. The van der Waals surface area contributed by atoms with E-state index >= 15 is 0 Å². The van der Waals surface area contributed by atoms with Crippen molar-refractivity contribution in [3.63, 3.8) is 0 Å². The van der Waals surface area contributed by atoms with Gasteiger partial charge in [0.2, 0.25) is 5.88 Å². The number of amides is 1. The molecule has 0 unspecified atom stereocenters. The number of rotatable bonds is 6. The van der Waals surface area contributed by atoms with E-state index in [4.69, 9.17) is 9.26 Å². The molecule has 150 valence electrons. The molecule has 0 spiro atoms. The standard InChI is InChI=1S/C21H28N4O3/c1-16-4-6-17(7-5-16)19-13-21(28-23-19)22-20(26)15-25-10-8-24(9-11-25)14-18-3-2-12-27-18/h4-7,13,18H,2-3,8-12,14-15H2,1H3,(H,22,26)/p+2/t18-/m1/s1. The molecule has 1 atom stereocenters. The lowest BCUT2D eigenvalue weighted by Gasteiger charge is -2.30. The predicted molar refractivity (Wildman–Crippen MR) is 105 cm³/mol. The minimum absolute atomic E-state index is 0.0239. The third-order valence-electron chi connectivity index (χ3n) is 5.74. The summed E-state index contributed by atoms with van der Waals surface area (Å²) >= 11 is 0. The summed E-state index contributed by atoms with van der Waals surface area (Å²) in [6.07, 6.45) is 2.83. The Bertz CT molecular complexity index is 775. The van der Waals surface area contributed by atoms with Crippen LogP contribution in [0.4, 0.5) is 5.88 Å². The molecule has 2 aliphatic rings. The fraction of sp³-hybridized carbons (Fsp3) is 0.524. The van der Waals surface area contributed by atoms with Crippen molar-refractivity contribution in [3.05, 3.63) is 35.9 Å². The Morgan fingerprint density at radius 3 is 2.64 bits per heavy atom. The molecule has 0 radical (unpaired) electrons. The van der Waals surface area contributed by atoms with Gasteiger partial charge in [0, 0.05) is 18.2 Å². The van der Waals surface area contributed by atoms with Gasteiger partial charge in [-0.25, -0.2) is 0 Å². The van der Waals surface area contributed by atoms with E-state index < -0.39 is 0 Å². The molecule has 0 saturated carbocycles. The maximum absolute atomic E-state index is 12.4. The lowest BCUT2D eigenvalue weighted by molar-refractivity contribution is -1.01. The number of nitrogens with one attached hydrogen (secondary N) is 3. The first-order valence-electron chi connectivity index (χ1n) is 10.3. The number of anilines is 1. The van der Waals surface area contributed by atoms with Gasteiger partial charge in [-0.1, -0.05) is 35.0 Å². The number of aryl methyl sites for hydroxylation is 1. The monoisotopic (exact) mass is 386 g/mol. The topological polar surface area (TPSA) is 73.2 Å². The SMILES string of the molecule is Cc1ccc(-c2cc(NC(=O)C[NH+]3CC[NH+](C[C@H]4CCCO4)CC3)on2)cc1. The summed E-state index contributed by atoms with van der Waals surface area (Å²) in [7, 11) is 0. The van der Waals surface area contributed by atoms with Crippen LogP contribution in [0.5, 0.6) is 0 Å². The van der Waals surface area contributed by atoms with Gasteiger partial charge in [0.05, 0.1) is 0 Å². The second-order valence-electron chi connectivity index (χ2n) is 8.01. The van der Waals surface area contributed by atoms with Crippen molar-refractivity contribution in [1.29, 1.82) is 0 Å². The van der Waals surface area contributed by atoms with Gasteiger partial charge in [-0.15, -0.1) is 0 Å². The predicted octanol–water partition coefficient (Wildman–Crippen LogP) is -0.449. The molecular weight excluding hydrogens is 356 g/mol. The third-order valence-corrected chi connectivity index (χ3v) is 5.74. The Balaban J connectivity index is 1.22. The van der Waals surface area contributed by atoms with Crippen LogP contribution in [0.25, 0.3) is 11.3 Å². The number of ether oxygens (including phenoxy) is 1. The number of piperazine rings is 1. The van der Waals surface area contributed by atoms with Crippen molar-refractivity contribution in [2.24, 2.45) is 0 Å². The molecule has 1 amide bonds. The summed E-state index contributed by atoms with van der Waals surface area (Å²) in [6, 6.07) is 9.85. The number of carbonyl (C=O) groups is 1. The highest BCUT2D eigenvalue weighted by Gasteiger charge is 2.28. The molecule has 7 heteroatoms. The lowest BCUT2D eigenvalue weighted by atomic mass is 10.1. The van der Waals surface area contributed by atoms with Crippen molar-refractivity contribution in [2.75, 3.05) is 51.2 Å². The molecule has 3 heterocycles. The van der Waals surface area contributed by atoms with Crippen molar-refractivity contribution in [1.82, 2.24) is 5.16 Å². The van der Waals surface area contributed by atoms with E-state index in [0.29, 0.717) is 18.5 Å². The lowest BCUT2D eigenvalue weighted by Crippen LogP contribution is -3.28. The zero-order valence-corrected chi connectivity index (χ0v) is 16.5. The van der Waals surface area contributed by atoms with Gasteiger partial charge in [-0.05, 0) is 19.8 Å². The summed E-state index contributed by atoms with van der Waals surface area (Å²) in [4.78, 5) is 15.3. The molecule has 1 aromatic heterocycles. The Morgan fingerprint density at radius 1 is 1.18 bits per heavy atom.